The summed E-state index contributed by atoms with van der Waals surface area (Å²) in [5.41, 5.74) is 0.938. The molecule has 5 nitrogen and oxygen atoms in total. The minimum Gasteiger partial charge on any atom is -0.490 e. The molecule has 0 aliphatic rings. The average Bonchev–Trinajstić information content (AvgIpc) is 3.24. The van der Waals surface area contributed by atoms with Crippen LogP contribution in [-0.4, -0.2) is 24.9 Å². The van der Waals surface area contributed by atoms with Crippen LogP contribution in [0.4, 0.5) is 0 Å². The Labute approximate surface area is 171 Å². The molecular formula is C22H29NO4S. The second kappa shape index (κ2) is 11.5. The number of benzene rings is 1. The van der Waals surface area contributed by atoms with E-state index in [-0.39, 0.29) is 30.6 Å². The van der Waals surface area contributed by atoms with Crippen LogP contribution < -0.4 is 14.8 Å². The van der Waals surface area contributed by atoms with Gasteiger partial charge in [0.25, 0.3) is 0 Å². The average molecular weight is 404 g/mol. The number of hydrogen-bond acceptors (Lipinski definition) is 5. The van der Waals surface area contributed by atoms with Gasteiger partial charge in [-0.1, -0.05) is 26.0 Å². The lowest BCUT2D eigenvalue weighted by atomic mass is 10.1. The van der Waals surface area contributed by atoms with Crippen molar-refractivity contribution in [2.75, 3.05) is 13.2 Å². The van der Waals surface area contributed by atoms with Gasteiger partial charge >= 0.3 is 0 Å². The Morgan fingerprint density at radius 3 is 2.39 bits per heavy atom. The number of ketones is 1. The third-order valence-corrected chi connectivity index (χ3v) is 5.05. The predicted octanol–water partition coefficient (Wildman–Crippen LogP) is 5.17. The highest BCUT2D eigenvalue weighted by molar-refractivity contribution is 7.12. The van der Waals surface area contributed by atoms with E-state index in [1.54, 1.807) is 6.07 Å². The summed E-state index contributed by atoms with van der Waals surface area (Å²) < 4.78 is 11.6. The Hall–Kier alpha value is -2.34. The highest BCUT2D eigenvalue weighted by Gasteiger charge is 2.15. The van der Waals surface area contributed by atoms with Crippen molar-refractivity contribution in [3.8, 4) is 11.5 Å². The van der Waals surface area contributed by atoms with E-state index in [1.165, 1.54) is 11.3 Å². The Balaban J connectivity index is 1.95. The molecule has 0 fully saturated rings. The molecule has 0 saturated carbocycles. The Morgan fingerprint density at radius 1 is 1.04 bits per heavy atom. The first-order valence-electron chi connectivity index (χ1n) is 9.80. The maximum absolute atomic E-state index is 12.3. The van der Waals surface area contributed by atoms with Gasteiger partial charge in [0.15, 0.2) is 17.3 Å². The molecule has 0 saturated heterocycles. The van der Waals surface area contributed by atoms with Gasteiger partial charge in [0.1, 0.15) is 0 Å². The summed E-state index contributed by atoms with van der Waals surface area (Å²) in [5, 5.41) is 4.82. The summed E-state index contributed by atoms with van der Waals surface area (Å²) in [7, 11) is 0. The van der Waals surface area contributed by atoms with E-state index in [0.29, 0.717) is 23.8 Å². The van der Waals surface area contributed by atoms with E-state index in [1.807, 2.05) is 36.6 Å². The highest BCUT2D eigenvalue weighted by Crippen LogP contribution is 2.31. The third kappa shape index (κ3) is 6.68. The van der Waals surface area contributed by atoms with Gasteiger partial charge in [-0.2, -0.15) is 0 Å². The lowest BCUT2D eigenvalue weighted by Crippen LogP contribution is -2.27. The van der Waals surface area contributed by atoms with Gasteiger partial charge in [0.05, 0.1) is 24.1 Å². The van der Waals surface area contributed by atoms with Crippen LogP contribution in [0.3, 0.4) is 0 Å². The van der Waals surface area contributed by atoms with Gasteiger partial charge < -0.3 is 14.8 Å². The van der Waals surface area contributed by atoms with Gasteiger partial charge in [0.2, 0.25) is 5.91 Å². The molecular weight excluding hydrogens is 374 g/mol. The van der Waals surface area contributed by atoms with Crippen molar-refractivity contribution < 1.29 is 19.1 Å². The summed E-state index contributed by atoms with van der Waals surface area (Å²) in [6, 6.07) is 9.18. The van der Waals surface area contributed by atoms with Gasteiger partial charge in [-0.25, -0.2) is 0 Å². The van der Waals surface area contributed by atoms with Gasteiger partial charge in [-0.3, -0.25) is 9.59 Å². The molecule has 1 unspecified atom stereocenters. The second-order valence-electron chi connectivity index (χ2n) is 6.59. The fraction of sp³-hybridized carbons (Fsp3) is 0.455. The molecule has 2 aromatic rings. The summed E-state index contributed by atoms with van der Waals surface area (Å²) in [5.74, 6) is 1.28. The molecule has 28 heavy (non-hydrogen) atoms. The standard InChI is InChI=1S/C22H29NO4S/c1-4-12-26-19-10-8-17(15-20(19)27-13-5-2)16(3)23-22(25)11-9-18(24)21-7-6-14-28-21/h6-8,10,14-16H,4-5,9,11-13H2,1-3H3,(H,23,25). The molecule has 0 aliphatic heterocycles. The molecule has 0 radical (unpaired) electrons. The monoisotopic (exact) mass is 403 g/mol. The number of nitrogens with one attached hydrogen (secondary N) is 1. The topological polar surface area (TPSA) is 64.6 Å². The van der Waals surface area contributed by atoms with Crippen molar-refractivity contribution in [1.82, 2.24) is 5.32 Å². The molecule has 1 atom stereocenters. The lowest BCUT2D eigenvalue weighted by Gasteiger charge is -2.18. The number of amides is 1. The molecule has 1 heterocycles. The zero-order valence-electron chi connectivity index (χ0n) is 16.8. The van der Waals surface area contributed by atoms with Crippen LogP contribution in [0.15, 0.2) is 35.7 Å². The molecule has 1 aromatic heterocycles. The molecule has 152 valence electrons. The highest BCUT2D eigenvalue weighted by atomic mass is 32.1. The van der Waals surface area contributed by atoms with Crippen molar-refractivity contribution in [2.45, 2.75) is 52.5 Å². The summed E-state index contributed by atoms with van der Waals surface area (Å²) in [6.45, 7) is 7.27. The maximum Gasteiger partial charge on any atom is 0.220 e. The van der Waals surface area contributed by atoms with Crippen molar-refractivity contribution >= 4 is 23.0 Å². The first kappa shape index (κ1) is 22.0. The van der Waals surface area contributed by atoms with Gasteiger partial charge in [-0.05, 0) is 48.9 Å². The van der Waals surface area contributed by atoms with Crippen LogP contribution in [0.25, 0.3) is 0 Å². The van der Waals surface area contributed by atoms with Crippen LogP contribution in [0.1, 0.15) is 67.7 Å². The Kier molecular flexibility index (Phi) is 9.01. The van der Waals surface area contributed by atoms with Crippen LogP contribution in [0.5, 0.6) is 11.5 Å². The van der Waals surface area contributed by atoms with Crippen molar-refractivity contribution in [2.24, 2.45) is 0 Å². The first-order chi connectivity index (χ1) is 13.5. The van der Waals surface area contributed by atoms with Crippen LogP contribution >= 0.6 is 11.3 Å². The van der Waals surface area contributed by atoms with Crippen molar-refractivity contribution in [3.05, 3.63) is 46.2 Å². The van der Waals surface area contributed by atoms with E-state index in [2.05, 4.69) is 19.2 Å². The second-order valence-corrected chi connectivity index (χ2v) is 7.54. The zero-order chi connectivity index (χ0) is 20.4. The van der Waals surface area contributed by atoms with E-state index >= 15 is 0 Å². The molecule has 2 rings (SSSR count). The van der Waals surface area contributed by atoms with Gasteiger partial charge in [0, 0.05) is 12.8 Å². The van der Waals surface area contributed by atoms with Crippen molar-refractivity contribution in [1.29, 1.82) is 0 Å². The normalized spacial score (nSPS) is 11.7. The molecule has 1 amide bonds. The number of carbonyl (C=O) groups is 2. The number of Topliss-reactive ketones (excluding diaryl/α,β-unsaturated/α-hetero) is 1. The fourth-order valence-electron chi connectivity index (χ4n) is 2.63. The van der Waals surface area contributed by atoms with Crippen LogP contribution in [-0.2, 0) is 4.79 Å². The van der Waals surface area contributed by atoms with E-state index < -0.39 is 0 Å². The summed E-state index contributed by atoms with van der Waals surface area (Å²) in [4.78, 5) is 25.0. The van der Waals surface area contributed by atoms with Crippen LogP contribution in [0.2, 0.25) is 0 Å². The van der Waals surface area contributed by atoms with E-state index in [9.17, 15) is 9.59 Å². The number of hydrogen-bond donors (Lipinski definition) is 1. The summed E-state index contributed by atoms with van der Waals surface area (Å²) >= 11 is 1.40. The Morgan fingerprint density at radius 2 is 1.75 bits per heavy atom. The van der Waals surface area contributed by atoms with Crippen LogP contribution in [0, 0.1) is 0 Å². The van der Waals surface area contributed by atoms with Gasteiger partial charge in [-0.15, -0.1) is 11.3 Å². The minimum absolute atomic E-state index is 0.00507. The molecule has 0 bridgehead atoms. The SMILES string of the molecule is CCCOc1ccc(C(C)NC(=O)CCC(=O)c2cccs2)cc1OCCC. The smallest absolute Gasteiger partial charge is 0.220 e. The molecule has 6 heteroatoms. The number of thiophene rings is 1. The first-order valence-corrected chi connectivity index (χ1v) is 10.7. The third-order valence-electron chi connectivity index (χ3n) is 4.14. The molecule has 0 spiro atoms. The Bertz CT molecular complexity index is 758. The molecule has 1 aromatic carbocycles. The fourth-order valence-corrected chi connectivity index (χ4v) is 3.33. The molecule has 1 N–H and O–H groups in total. The predicted molar refractivity (Wildman–Crippen MR) is 112 cm³/mol. The lowest BCUT2D eigenvalue weighted by molar-refractivity contribution is -0.121. The number of rotatable bonds is 12. The van der Waals surface area contributed by atoms with Crippen molar-refractivity contribution in [3.63, 3.8) is 0 Å². The van der Waals surface area contributed by atoms with E-state index in [0.717, 1.165) is 24.2 Å². The largest absolute Gasteiger partial charge is 0.490 e. The number of carbonyl (C=O) groups excluding carboxylic acids is 2. The minimum atomic E-state index is -0.187. The quantitative estimate of drug-likeness (QED) is 0.497. The maximum atomic E-state index is 12.3. The summed E-state index contributed by atoms with van der Waals surface area (Å²) in [6.07, 6.45) is 2.22. The number of ether oxygens (including phenoxy) is 2. The molecule has 0 aliphatic carbocycles. The zero-order valence-corrected chi connectivity index (χ0v) is 17.6. The van der Waals surface area contributed by atoms with E-state index in [4.69, 9.17) is 9.47 Å².